The molecule has 1 N–H and O–H groups in total. The lowest BCUT2D eigenvalue weighted by molar-refractivity contribution is 0.174. The number of hydrogen-bond donors (Lipinski definition) is 1. The van der Waals surface area contributed by atoms with Crippen LogP contribution in [0.3, 0.4) is 0 Å². The number of hydrogen-bond acceptors (Lipinski definition) is 4. The molecule has 1 aromatic heterocycles. The van der Waals surface area contributed by atoms with Gasteiger partial charge in [-0.3, -0.25) is 4.98 Å². The Morgan fingerprint density at radius 3 is 2.91 bits per heavy atom. The summed E-state index contributed by atoms with van der Waals surface area (Å²) in [5, 5.41) is 3.56. The van der Waals surface area contributed by atoms with Crippen LogP contribution in [0, 0.1) is 0 Å². The smallest absolute Gasteiger partial charge is 0.231 e. The fourth-order valence-corrected chi connectivity index (χ4v) is 2.57. The van der Waals surface area contributed by atoms with Crippen molar-refractivity contribution in [3.8, 4) is 11.5 Å². The van der Waals surface area contributed by atoms with Crippen molar-refractivity contribution in [3.05, 3.63) is 53.9 Å². The van der Waals surface area contributed by atoms with E-state index in [-0.39, 0.29) is 0 Å². The van der Waals surface area contributed by atoms with Gasteiger partial charge in [0, 0.05) is 30.9 Å². The number of aryl methyl sites for hydroxylation is 1. The van der Waals surface area contributed by atoms with Crippen molar-refractivity contribution >= 4 is 0 Å². The Labute approximate surface area is 131 Å². The third-order valence-electron chi connectivity index (χ3n) is 3.90. The fourth-order valence-electron chi connectivity index (χ4n) is 2.57. The fraction of sp³-hybridized carbons (Fsp3) is 0.389. The molecule has 4 nitrogen and oxygen atoms in total. The van der Waals surface area contributed by atoms with Gasteiger partial charge in [0.05, 0.1) is 0 Å². The third kappa shape index (κ3) is 3.98. The van der Waals surface area contributed by atoms with Crippen LogP contribution >= 0.6 is 0 Å². The third-order valence-corrected chi connectivity index (χ3v) is 3.90. The van der Waals surface area contributed by atoms with Crippen molar-refractivity contribution in [2.24, 2.45) is 0 Å². The van der Waals surface area contributed by atoms with Gasteiger partial charge in [-0.15, -0.1) is 0 Å². The number of rotatable bonds is 7. The van der Waals surface area contributed by atoms with Crippen LogP contribution in [0.4, 0.5) is 0 Å². The van der Waals surface area contributed by atoms with Crippen molar-refractivity contribution in [2.75, 3.05) is 13.3 Å². The maximum atomic E-state index is 5.42. The Morgan fingerprint density at radius 2 is 2.05 bits per heavy atom. The molecule has 0 spiro atoms. The summed E-state index contributed by atoms with van der Waals surface area (Å²) >= 11 is 0. The van der Waals surface area contributed by atoms with E-state index in [0.717, 1.165) is 43.0 Å². The number of pyridine rings is 1. The van der Waals surface area contributed by atoms with Crippen LogP contribution in [0.5, 0.6) is 11.5 Å². The number of nitrogens with one attached hydrogen (secondary N) is 1. The number of fused-ring (bicyclic) bond motifs is 1. The molecule has 0 aliphatic carbocycles. The van der Waals surface area contributed by atoms with E-state index in [2.05, 4.69) is 35.4 Å². The molecule has 4 heteroatoms. The summed E-state index contributed by atoms with van der Waals surface area (Å²) in [7, 11) is 0. The maximum absolute atomic E-state index is 5.42. The molecule has 0 saturated carbocycles. The lowest BCUT2D eigenvalue weighted by atomic mass is 10.1. The molecule has 0 fully saturated rings. The monoisotopic (exact) mass is 298 g/mol. The zero-order chi connectivity index (χ0) is 15.2. The van der Waals surface area contributed by atoms with Crippen LogP contribution in [0.2, 0.25) is 0 Å². The minimum absolute atomic E-state index is 0.338. The summed E-state index contributed by atoms with van der Waals surface area (Å²) in [6.07, 6.45) is 4.95. The highest BCUT2D eigenvalue weighted by Gasteiger charge is 2.13. The van der Waals surface area contributed by atoms with E-state index in [4.69, 9.17) is 9.47 Å². The predicted octanol–water partition coefficient (Wildman–Crippen LogP) is 2.96. The van der Waals surface area contributed by atoms with Gasteiger partial charge < -0.3 is 14.8 Å². The van der Waals surface area contributed by atoms with Gasteiger partial charge in [-0.25, -0.2) is 0 Å². The van der Waals surface area contributed by atoms with Crippen LogP contribution in [-0.2, 0) is 12.8 Å². The first-order valence-corrected chi connectivity index (χ1v) is 7.83. The molecule has 1 aliphatic heterocycles. The summed E-state index contributed by atoms with van der Waals surface area (Å²) in [4.78, 5) is 4.34. The van der Waals surface area contributed by atoms with Gasteiger partial charge in [-0.2, -0.15) is 0 Å². The van der Waals surface area contributed by atoms with E-state index in [1.165, 1.54) is 5.56 Å². The molecule has 0 saturated heterocycles. The summed E-state index contributed by atoms with van der Waals surface area (Å²) in [5.41, 5.74) is 2.43. The lowest BCUT2D eigenvalue weighted by Crippen LogP contribution is -2.28. The van der Waals surface area contributed by atoms with Crippen LogP contribution in [0.25, 0.3) is 0 Å². The molecule has 2 heterocycles. The largest absolute Gasteiger partial charge is 0.454 e. The zero-order valence-electron chi connectivity index (χ0n) is 12.9. The minimum atomic E-state index is 0.338. The molecular formula is C18H22N2O2. The molecular weight excluding hydrogens is 276 g/mol. The Bertz CT molecular complexity index is 601. The van der Waals surface area contributed by atoms with Gasteiger partial charge in [0.15, 0.2) is 11.5 Å². The van der Waals surface area contributed by atoms with Crippen molar-refractivity contribution in [1.29, 1.82) is 0 Å². The normalized spacial score (nSPS) is 14.0. The first kappa shape index (κ1) is 14.9. The standard InChI is InChI=1S/C18H22N2O2/c1-14(19-11-9-16-4-2-3-10-20-16)5-6-15-7-8-17-18(12-15)22-13-21-17/h2-4,7-8,10,12,14,19H,5-6,9,11,13H2,1H3. The summed E-state index contributed by atoms with van der Waals surface area (Å²) in [6, 6.07) is 12.7. The average molecular weight is 298 g/mol. The van der Waals surface area contributed by atoms with E-state index >= 15 is 0 Å². The SMILES string of the molecule is CC(CCc1ccc2c(c1)OCO2)NCCc1ccccn1. The molecule has 1 aromatic carbocycles. The van der Waals surface area contributed by atoms with Gasteiger partial charge in [-0.1, -0.05) is 12.1 Å². The number of nitrogens with zero attached hydrogens (tertiary/aromatic N) is 1. The molecule has 3 rings (SSSR count). The molecule has 0 bridgehead atoms. The molecule has 116 valence electrons. The molecule has 22 heavy (non-hydrogen) atoms. The second-order valence-electron chi connectivity index (χ2n) is 5.65. The Hall–Kier alpha value is -2.07. The number of aromatic nitrogens is 1. The van der Waals surface area contributed by atoms with Gasteiger partial charge >= 0.3 is 0 Å². The van der Waals surface area contributed by atoms with Crippen LogP contribution in [0.1, 0.15) is 24.6 Å². The molecule has 1 atom stereocenters. The molecule has 1 unspecified atom stereocenters. The molecule has 0 radical (unpaired) electrons. The second kappa shape index (κ2) is 7.27. The Balaban J connectivity index is 1.40. The number of benzene rings is 1. The average Bonchev–Trinajstić information content (AvgIpc) is 3.01. The zero-order valence-corrected chi connectivity index (χ0v) is 12.9. The van der Waals surface area contributed by atoms with Crippen molar-refractivity contribution in [1.82, 2.24) is 10.3 Å². The van der Waals surface area contributed by atoms with Crippen molar-refractivity contribution in [3.63, 3.8) is 0 Å². The van der Waals surface area contributed by atoms with Gasteiger partial charge in [0.25, 0.3) is 0 Å². The van der Waals surface area contributed by atoms with Gasteiger partial charge in [0.1, 0.15) is 0 Å². The van der Waals surface area contributed by atoms with E-state index in [1.807, 2.05) is 24.4 Å². The maximum Gasteiger partial charge on any atom is 0.231 e. The second-order valence-corrected chi connectivity index (χ2v) is 5.65. The summed E-state index contributed by atoms with van der Waals surface area (Å²) in [6.45, 7) is 3.52. The Kier molecular flexibility index (Phi) is 4.91. The molecule has 0 amide bonds. The predicted molar refractivity (Wildman–Crippen MR) is 86.3 cm³/mol. The number of ether oxygens (including phenoxy) is 2. The molecule has 1 aliphatic rings. The first-order chi connectivity index (χ1) is 10.8. The van der Waals surface area contributed by atoms with Crippen LogP contribution < -0.4 is 14.8 Å². The topological polar surface area (TPSA) is 43.4 Å². The molecule has 2 aromatic rings. The lowest BCUT2D eigenvalue weighted by Gasteiger charge is -2.13. The first-order valence-electron chi connectivity index (χ1n) is 7.83. The van der Waals surface area contributed by atoms with Crippen molar-refractivity contribution in [2.45, 2.75) is 32.2 Å². The highest BCUT2D eigenvalue weighted by molar-refractivity contribution is 5.44. The van der Waals surface area contributed by atoms with E-state index in [1.54, 1.807) is 0 Å². The summed E-state index contributed by atoms with van der Waals surface area (Å²) in [5.74, 6) is 1.72. The minimum Gasteiger partial charge on any atom is -0.454 e. The quantitative estimate of drug-likeness (QED) is 0.853. The van der Waals surface area contributed by atoms with Crippen LogP contribution in [-0.4, -0.2) is 24.4 Å². The highest BCUT2D eigenvalue weighted by atomic mass is 16.7. The Morgan fingerprint density at radius 1 is 1.14 bits per heavy atom. The van der Waals surface area contributed by atoms with Crippen LogP contribution in [0.15, 0.2) is 42.6 Å². The van der Waals surface area contributed by atoms with E-state index < -0.39 is 0 Å². The highest BCUT2D eigenvalue weighted by Crippen LogP contribution is 2.32. The summed E-state index contributed by atoms with van der Waals surface area (Å²) < 4.78 is 10.7. The van der Waals surface area contributed by atoms with E-state index in [9.17, 15) is 0 Å². The van der Waals surface area contributed by atoms with E-state index in [0.29, 0.717) is 12.8 Å². The van der Waals surface area contributed by atoms with Crippen molar-refractivity contribution < 1.29 is 9.47 Å². The van der Waals surface area contributed by atoms with Gasteiger partial charge in [-0.05, 0) is 49.6 Å². The van der Waals surface area contributed by atoms with Gasteiger partial charge in [0.2, 0.25) is 6.79 Å².